The van der Waals surface area contributed by atoms with Gasteiger partial charge in [-0.25, -0.2) is 9.78 Å². The van der Waals surface area contributed by atoms with Gasteiger partial charge in [0.1, 0.15) is 16.0 Å². The van der Waals surface area contributed by atoms with E-state index < -0.39 is 5.97 Å². The van der Waals surface area contributed by atoms with E-state index >= 15 is 0 Å². The lowest BCUT2D eigenvalue weighted by atomic mass is 10.1. The normalized spacial score (nSPS) is 20.8. The predicted molar refractivity (Wildman–Crippen MR) is 69.2 cm³/mol. The molecule has 0 radical (unpaired) electrons. The molecule has 1 aliphatic rings. The molecule has 0 aliphatic carbocycles. The molecule has 0 spiro atoms. The number of thiazole rings is 1. The Morgan fingerprint density at radius 2 is 2.35 bits per heavy atom. The molecule has 94 valence electrons. The third kappa shape index (κ3) is 2.81. The molecule has 2 heterocycles. The minimum Gasteiger partial charge on any atom is -0.477 e. The standard InChI is InChI=1S/C11H15NO3S2/c1-6(2)8-9(11(13)14)17-10(12-8)7-5-16-4-3-15-7/h6-7H,3-5H2,1-2H3,(H,13,14). The number of carboxylic acid groups (broad SMARTS) is 1. The molecule has 1 unspecified atom stereocenters. The van der Waals surface area contributed by atoms with Crippen molar-refractivity contribution in [3.8, 4) is 0 Å². The van der Waals surface area contributed by atoms with Gasteiger partial charge in [0.25, 0.3) is 0 Å². The Kier molecular flexibility index (Phi) is 4.06. The Morgan fingerprint density at radius 3 is 2.82 bits per heavy atom. The maximum atomic E-state index is 11.1. The summed E-state index contributed by atoms with van der Waals surface area (Å²) in [7, 11) is 0. The maximum Gasteiger partial charge on any atom is 0.347 e. The van der Waals surface area contributed by atoms with Crippen molar-refractivity contribution < 1.29 is 14.6 Å². The molecule has 0 amide bonds. The van der Waals surface area contributed by atoms with Gasteiger partial charge in [-0.2, -0.15) is 11.8 Å². The quantitative estimate of drug-likeness (QED) is 0.917. The van der Waals surface area contributed by atoms with E-state index in [2.05, 4.69) is 4.98 Å². The van der Waals surface area contributed by atoms with Gasteiger partial charge in [0.2, 0.25) is 0 Å². The molecule has 6 heteroatoms. The van der Waals surface area contributed by atoms with Crippen molar-refractivity contribution in [2.24, 2.45) is 0 Å². The van der Waals surface area contributed by atoms with Crippen LogP contribution < -0.4 is 0 Å². The lowest BCUT2D eigenvalue weighted by Gasteiger charge is -2.19. The molecule has 0 saturated carbocycles. The van der Waals surface area contributed by atoms with Crippen LogP contribution in [0.2, 0.25) is 0 Å². The highest BCUT2D eigenvalue weighted by molar-refractivity contribution is 7.99. The highest BCUT2D eigenvalue weighted by Crippen LogP contribution is 2.33. The molecule has 2 rings (SSSR count). The Bertz CT molecular complexity index is 411. The van der Waals surface area contributed by atoms with Crippen molar-refractivity contribution in [2.45, 2.75) is 25.9 Å². The van der Waals surface area contributed by atoms with Crippen molar-refractivity contribution in [3.05, 3.63) is 15.6 Å². The SMILES string of the molecule is CC(C)c1nc(C2CSCCO2)sc1C(=O)O. The van der Waals surface area contributed by atoms with E-state index in [-0.39, 0.29) is 12.0 Å². The summed E-state index contributed by atoms with van der Waals surface area (Å²) < 4.78 is 5.63. The third-order valence-corrected chi connectivity index (χ3v) is 4.65. The summed E-state index contributed by atoms with van der Waals surface area (Å²) in [5.41, 5.74) is 0.677. The first-order valence-electron chi connectivity index (χ1n) is 5.53. The highest BCUT2D eigenvalue weighted by Gasteiger charge is 2.25. The zero-order chi connectivity index (χ0) is 12.4. The van der Waals surface area contributed by atoms with Crippen LogP contribution in [-0.4, -0.2) is 34.2 Å². The molecule has 1 atom stereocenters. The first kappa shape index (κ1) is 12.9. The number of rotatable bonds is 3. The predicted octanol–water partition coefficient (Wildman–Crippen LogP) is 2.77. The maximum absolute atomic E-state index is 11.1. The first-order valence-corrected chi connectivity index (χ1v) is 7.50. The van der Waals surface area contributed by atoms with Crippen LogP contribution in [0.1, 0.15) is 46.2 Å². The second-order valence-corrected chi connectivity index (χ2v) is 6.34. The van der Waals surface area contributed by atoms with E-state index in [1.165, 1.54) is 11.3 Å². The number of carbonyl (C=O) groups is 1. The summed E-state index contributed by atoms with van der Waals surface area (Å²) in [6, 6.07) is 0. The fourth-order valence-electron chi connectivity index (χ4n) is 1.66. The minimum atomic E-state index is -0.888. The van der Waals surface area contributed by atoms with Gasteiger partial charge < -0.3 is 9.84 Å². The summed E-state index contributed by atoms with van der Waals surface area (Å²) in [6.45, 7) is 4.64. The monoisotopic (exact) mass is 273 g/mol. The molecule has 1 fully saturated rings. The second kappa shape index (κ2) is 5.37. The third-order valence-electron chi connectivity index (χ3n) is 2.50. The summed E-state index contributed by atoms with van der Waals surface area (Å²) in [5, 5.41) is 9.95. The number of ether oxygens (including phenoxy) is 1. The van der Waals surface area contributed by atoms with Gasteiger partial charge in [0.05, 0.1) is 12.3 Å². The van der Waals surface area contributed by atoms with Crippen LogP contribution in [0.5, 0.6) is 0 Å². The molecule has 1 saturated heterocycles. The Hall–Kier alpha value is -0.590. The van der Waals surface area contributed by atoms with Crippen LogP contribution in [0.15, 0.2) is 0 Å². The van der Waals surface area contributed by atoms with E-state index in [0.29, 0.717) is 17.2 Å². The molecule has 1 aromatic heterocycles. The molecule has 4 nitrogen and oxygen atoms in total. The smallest absolute Gasteiger partial charge is 0.347 e. The van der Waals surface area contributed by atoms with Crippen LogP contribution in [-0.2, 0) is 4.74 Å². The van der Waals surface area contributed by atoms with E-state index in [0.717, 1.165) is 16.5 Å². The van der Waals surface area contributed by atoms with Crippen LogP contribution in [0.25, 0.3) is 0 Å². The van der Waals surface area contributed by atoms with Crippen molar-refractivity contribution >= 4 is 29.1 Å². The van der Waals surface area contributed by atoms with E-state index in [1.807, 2.05) is 25.6 Å². The van der Waals surface area contributed by atoms with E-state index in [1.54, 1.807) is 0 Å². The van der Waals surface area contributed by atoms with Gasteiger partial charge in [-0.1, -0.05) is 13.8 Å². The average Bonchev–Trinajstić information content (AvgIpc) is 2.75. The van der Waals surface area contributed by atoms with Crippen molar-refractivity contribution in [1.82, 2.24) is 4.98 Å². The van der Waals surface area contributed by atoms with Crippen molar-refractivity contribution in [3.63, 3.8) is 0 Å². The molecular weight excluding hydrogens is 258 g/mol. The zero-order valence-electron chi connectivity index (χ0n) is 9.80. The zero-order valence-corrected chi connectivity index (χ0v) is 11.4. The Labute approximate surface area is 108 Å². The molecule has 17 heavy (non-hydrogen) atoms. The van der Waals surface area contributed by atoms with Gasteiger partial charge in [0.15, 0.2) is 0 Å². The van der Waals surface area contributed by atoms with Crippen LogP contribution in [0.4, 0.5) is 0 Å². The Morgan fingerprint density at radius 1 is 1.59 bits per heavy atom. The van der Waals surface area contributed by atoms with Crippen LogP contribution in [0, 0.1) is 0 Å². The van der Waals surface area contributed by atoms with E-state index in [4.69, 9.17) is 9.84 Å². The lowest BCUT2D eigenvalue weighted by molar-refractivity contribution is 0.0700. The molecule has 1 aliphatic heterocycles. The van der Waals surface area contributed by atoms with Gasteiger partial charge in [-0.3, -0.25) is 0 Å². The van der Waals surface area contributed by atoms with Gasteiger partial charge in [0, 0.05) is 11.5 Å². The van der Waals surface area contributed by atoms with E-state index in [9.17, 15) is 4.79 Å². The number of thioether (sulfide) groups is 1. The molecular formula is C11H15NO3S2. The number of carboxylic acids is 1. The number of aromatic nitrogens is 1. The lowest BCUT2D eigenvalue weighted by Crippen LogP contribution is -2.15. The fourth-order valence-corrected chi connectivity index (χ4v) is 3.73. The van der Waals surface area contributed by atoms with Crippen molar-refractivity contribution in [1.29, 1.82) is 0 Å². The molecule has 1 N–H and O–H groups in total. The summed E-state index contributed by atoms with van der Waals surface area (Å²) >= 11 is 3.08. The second-order valence-electron chi connectivity index (χ2n) is 4.16. The molecule has 0 bridgehead atoms. The number of aromatic carboxylic acids is 1. The van der Waals surface area contributed by atoms with Gasteiger partial charge >= 0.3 is 5.97 Å². The van der Waals surface area contributed by atoms with Crippen molar-refractivity contribution in [2.75, 3.05) is 18.1 Å². The topological polar surface area (TPSA) is 59.4 Å². The fraction of sp³-hybridized carbons (Fsp3) is 0.636. The largest absolute Gasteiger partial charge is 0.477 e. The number of nitrogens with zero attached hydrogens (tertiary/aromatic N) is 1. The Balaban J connectivity index is 2.29. The summed E-state index contributed by atoms with van der Waals surface area (Å²) in [4.78, 5) is 16.0. The average molecular weight is 273 g/mol. The summed E-state index contributed by atoms with van der Waals surface area (Å²) in [6.07, 6.45) is -0.0376. The molecule has 1 aromatic rings. The van der Waals surface area contributed by atoms with Gasteiger partial charge in [-0.15, -0.1) is 11.3 Å². The number of hydrogen-bond donors (Lipinski definition) is 1. The highest BCUT2D eigenvalue weighted by atomic mass is 32.2. The first-order chi connectivity index (χ1) is 8.09. The molecule has 0 aromatic carbocycles. The minimum absolute atomic E-state index is 0.0376. The van der Waals surface area contributed by atoms with Crippen LogP contribution >= 0.6 is 23.1 Å². The van der Waals surface area contributed by atoms with Crippen LogP contribution in [0.3, 0.4) is 0 Å². The van der Waals surface area contributed by atoms with Gasteiger partial charge in [-0.05, 0) is 5.92 Å². The summed E-state index contributed by atoms with van der Waals surface area (Å²) in [5.74, 6) is 1.11. The number of hydrogen-bond acceptors (Lipinski definition) is 5.